The summed E-state index contributed by atoms with van der Waals surface area (Å²) in [5, 5.41) is 24.7. The molecule has 27 heavy (non-hydrogen) atoms. The maximum absolute atomic E-state index is 10.5. The van der Waals surface area contributed by atoms with Crippen LogP contribution in [0.25, 0.3) is 11.0 Å². The van der Waals surface area contributed by atoms with E-state index in [1.807, 2.05) is 30.3 Å². The molecule has 1 aromatic heterocycles. The van der Waals surface area contributed by atoms with Crippen molar-refractivity contribution in [1.29, 1.82) is 0 Å². The van der Waals surface area contributed by atoms with Gasteiger partial charge in [0.2, 0.25) is 5.95 Å². The Morgan fingerprint density at radius 2 is 1.81 bits per heavy atom. The zero-order valence-corrected chi connectivity index (χ0v) is 16.0. The van der Waals surface area contributed by atoms with Crippen LogP contribution in [0.2, 0.25) is 10.0 Å². The number of rotatable bonds is 4. The molecule has 1 aliphatic rings. The van der Waals surface area contributed by atoms with Crippen LogP contribution in [-0.2, 0) is 11.3 Å². The molecule has 0 unspecified atom stereocenters. The predicted octanol–water partition coefficient (Wildman–Crippen LogP) is 3.59. The van der Waals surface area contributed by atoms with Crippen molar-refractivity contribution in [1.82, 2.24) is 9.55 Å². The monoisotopic (exact) mass is 407 g/mol. The summed E-state index contributed by atoms with van der Waals surface area (Å²) in [6.45, 7) is 2.25. The Labute approximate surface area is 166 Å². The second-order valence-electron chi connectivity index (χ2n) is 6.61. The lowest BCUT2D eigenvalue weighted by Crippen LogP contribution is -2.30. The van der Waals surface area contributed by atoms with Crippen LogP contribution >= 0.6 is 23.2 Å². The second kappa shape index (κ2) is 7.30. The summed E-state index contributed by atoms with van der Waals surface area (Å²) in [6.07, 6.45) is -3.39. The fourth-order valence-corrected chi connectivity index (χ4v) is 3.61. The number of benzene rings is 2. The van der Waals surface area contributed by atoms with E-state index in [9.17, 15) is 10.2 Å². The Morgan fingerprint density at radius 1 is 1.11 bits per heavy atom. The highest BCUT2D eigenvalue weighted by Crippen LogP contribution is 2.37. The number of ether oxygens (including phenoxy) is 1. The summed E-state index contributed by atoms with van der Waals surface area (Å²) in [5.41, 5.74) is 2.35. The SMILES string of the molecule is C[C@H]1O[C@@H](n2c(NCc3ccccc3)nc3cc(Cl)c(Cl)cc32)[C@H](O)[C@@H]1O. The van der Waals surface area contributed by atoms with Crippen LogP contribution in [0.5, 0.6) is 0 Å². The number of nitrogens with one attached hydrogen (secondary N) is 1. The highest BCUT2D eigenvalue weighted by Gasteiger charge is 2.42. The molecule has 4 atom stereocenters. The molecule has 4 rings (SSSR count). The van der Waals surface area contributed by atoms with E-state index in [0.717, 1.165) is 5.56 Å². The zero-order valence-electron chi connectivity index (χ0n) is 14.5. The van der Waals surface area contributed by atoms with Gasteiger partial charge in [-0.15, -0.1) is 0 Å². The average molecular weight is 408 g/mol. The van der Waals surface area contributed by atoms with E-state index in [-0.39, 0.29) is 0 Å². The third kappa shape index (κ3) is 3.39. The van der Waals surface area contributed by atoms with Crippen LogP contribution in [0.1, 0.15) is 18.7 Å². The first kappa shape index (κ1) is 18.5. The first-order valence-corrected chi connectivity index (χ1v) is 9.37. The van der Waals surface area contributed by atoms with Crippen LogP contribution in [0.3, 0.4) is 0 Å². The fraction of sp³-hybridized carbons (Fsp3) is 0.316. The molecular weight excluding hydrogens is 389 g/mol. The molecule has 0 amide bonds. The van der Waals surface area contributed by atoms with Crippen LogP contribution < -0.4 is 5.32 Å². The number of aliphatic hydroxyl groups excluding tert-OH is 2. The maximum Gasteiger partial charge on any atom is 0.206 e. The van der Waals surface area contributed by atoms with Gasteiger partial charge in [0.05, 0.1) is 27.2 Å². The molecule has 8 heteroatoms. The number of aliphatic hydroxyl groups is 2. The van der Waals surface area contributed by atoms with Crippen molar-refractivity contribution >= 4 is 40.2 Å². The summed E-state index contributed by atoms with van der Waals surface area (Å²) < 4.78 is 7.53. The topological polar surface area (TPSA) is 79.5 Å². The molecule has 6 nitrogen and oxygen atoms in total. The van der Waals surface area contributed by atoms with Gasteiger partial charge in [0.15, 0.2) is 6.23 Å². The lowest BCUT2D eigenvalue weighted by atomic mass is 10.1. The maximum atomic E-state index is 10.5. The van der Waals surface area contributed by atoms with Gasteiger partial charge < -0.3 is 20.3 Å². The van der Waals surface area contributed by atoms with Crippen molar-refractivity contribution in [3.63, 3.8) is 0 Å². The Bertz CT molecular complexity index is 964. The number of nitrogens with zero attached hydrogens (tertiary/aromatic N) is 2. The quantitative estimate of drug-likeness (QED) is 0.615. The molecule has 2 aromatic carbocycles. The van der Waals surface area contributed by atoms with Gasteiger partial charge in [-0.25, -0.2) is 4.98 Å². The van der Waals surface area contributed by atoms with Gasteiger partial charge in [-0.05, 0) is 24.6 Å². The smallest absolute Gasteiger partial charge is 0.206 e. The normalized spacial score (nSPS) is 25.2. The van der Waals surface area contributed by atoms with Crippen molar-refractivity contribution in [3.05, 3.63) is 58.1 Å². The number of halogens is 2. The van der Waals surface area contributed by atoms with Crippen LogP contribution in [0.15, 0.2) is 42.5 Å². The molecule has 0 bridgehead atoms. The molecule has 0 saturated carbocycles. The number of hydrogen-bond acceptors (Lipinski definition) is 5. The van der Waals surface area contributed by atoms with Gasteiger partial charge in [-0.3, -0.25) is 4.57 Å². The molecule has 1 aliphatic heterocycles. The zero-order chi connectivity index (χ0) is 19.1. The molecule has 3 N–H and O–H groups in total. The Kier molecular flexibility index (Phi) is 5.01. The van der Waals surface area contributed by atoms with Crippen molar-refractivity contribution in [2.45, 2.75) is 38.0 Å². The molecule has 1 fully saturated rings. The Hall–Kier alpha value is -1.83. The second-order valence-corrected chi connectivity index (χ2v) is 7.43. The Balaban J connectivity index is 1.77. The number of fused-ring (bicyclic) bond motifs is 1. The van der Waals surface area contributed by atoms with Crippen molar-refractivity contribution in [3.8, 4) is 0 Å². The molecular formula is C19H19Cl2N3O3. The minimum Gasteiger partial charge on any atom is -0.388 e. The number of imidazole rings is 1. The summed E-state index contributed by atoms with van der Waals surface area (Å²) in [4.78, 5) is 4.59. The molecule has 0 aliphatic carbocycles. The predicted molar refractivity (Wildman–Crippen MR) is 105 cm³/mol. The van der Waals surface area contributed by atoms with Gasteiger partial charge in [-0.1, -0.05) is 53.5 Å². The minimum atomic E-state index is -1.09. The molecule has 1 saturated heterocycles. The number of hydrogen-bond donors (Lipinski definition) is 3. The fourth-order valence-electron chi connectivity index (χ4n) is 3.29. The molecule has 0 radical (unpaired) electrons. The van der Waals surface area contributed by atoms with Crippen molar-refractivity contribution < 1.29 is 14.9 Å². The summed E-state index contributed by atoms with van der Waals surface area (Å²) in [5.74, 6) is 0.498. The van der Waals surface area contributed by atoms with E-state index in [0.29, 0.717) is 33.6 Å². The standard InChI is InChI=1S/C19H19Cl2N3O3/c1-10-16(25)17(26)18(27-10)24-15-8-13(21)12(20)7-14(15)23-19(24)22-9-11-5-3-2-4-6-11/h2-8,10,16-18,25-26H,9H2,1H3,(H,22,23)/t10-,16-,17-,18-/m1/s1. The van der Waals surface area contributed by atoms with Crippen LogP contribution in [0, 0.1) is 0 Å². The highest BCUT2D eigenvalue weighted by molar-refractivity contribution is 6.42. The first-order chi connectivity index (χ1) is 13.0. The lowest BCUT2D eigenvalue weighted by molar-refractivity contribution is -0.0284. The summed E-state index contributed by atoms with van der Waals surface area (Å²) >= 11 is 12.3. The van der Waals surface area contributed by atoms with Crippen LogP contribution in [0.4, 0.5) is 5.95 Å². The average Bonchev–Trinajstić information content (AvgIpc) is 3.12. The first-order valence-electron chi connectivity index (χ1n) is 8.62. The van der Waals surface area contributed by atoms with Crippen LogP contribution in [-0.4, -0.2) is 38.1 Å². The molecule has 3 aromatic rings. The van der Waals surface area contributed by atoms with Crippen molar-refractivity contribution in [2.24, 2.45) is 0 Å². The van der Waals surface area contributed by atoms with E-state index in [4.69, 9.17) is 27.9 Å². The van der Waals surface area contributed by atoms with E-state index in [2.05, 4.69) is 10.3 Å². The van der Waals surface area contributed by atoms with E-state index in [1.54, 1.807) is 23.6 Å². The van der Waals surface area contributed by atoms with Gasteiger partial charge in [-0.2, -0.15) is 0 Å². The molecule has 142 valence electrons. The third-order valence-corrected chi connectivity index (χ3v) is 5.48. The molecule has 0 spiro atoms. The Morgan fingerprint density at radius 3 is 2.48 bits per heavy atom. The molecule has 2 heterocycles. The van der Waals surface area contributed by atoms with E-state index >= 15 is 0 Å². The summed E-state index contributed by atoms with van der Waals surface area (Å²) in [7, 11) is 0. The van der Waals surface area contributed by atoms with Gasteiger partial charge in [0.1, 0.15) is 12.2 Å². The van der Waals surface area contributed by atoms with Gasteiger partial charge in [0, 0.05) is 6.54 Å². The summed E-state index contributed by atoms with van der Waals surface area (Å²) in [6, 6.07) is 13.2. The van der Waals surface area contributed by atoms with E-state index in [1.165, 1.54) is 0 Å². The third-order valence-electron chi connectivity index (χ3n) is 4.76. The van der Waals surface area contributed by atoms with E-state index < -0.39 is 24.5 Å². The highest BCUT2D eigenvalue weighted by atomic mass is 35.5. The largest absolute Gasteiger partial charge is 0.388 e. The lowest BCUT2D eigenvalue weighted by Gasteiger charge is -2.20. The number of anilines is 1. The van der Waals surface area contributed by atoms with Crippen molar-refractivity contribution in [2.75, 3.05) is 5.32 Å². The number of aromatic nitrogens is 2. The van der Waals surface area contributed by atoms with Gasteiger partial charge >= 0.3 is 0 Å². The van der Waals surface area contributed by atoms with Gasteiger partial charge in [0.25, 0.3) is 0 Å². The minimum absolute atomic E-state index is 0.376.